The molecular formula is C19H20ClN3O3. The van der Waals surface area contributed by atoms with Gasteiger partial charge in [0.1, 0.15) is 5.76 Å². The van der Waals surface area contributed by atoms with Gasteiger partial charge < -0.3 is 19.6 Å². The molecule has 0 unspecified atom stereocenters. The van der Waals surface area contributed by atoms with Gasteiger partial charge in [0.15, 0.2) is 0 Å². The maximum Gasteiger partial charge on any atom is 0.254 e. The number of ether oxygens (including phenoxy) is 1. The molecule has 1 aromatic carbocycles. The van der Waals surface area contributed by atoms with E-state index in [-0.39, 0.29) is 11.9 Å². The Morgan fingerprint density at radius 3 is 3.19 bits per heavy atom. The van der Waals surface area contributed by atoms with Gasteiger partial charge in [-0.15, -0.1) is 0 Å². The lowest BCUT2D eigenvalue weighted by Gasteiger charge is -2.23. The first kappa shape index (κ1) is 17.0. The van der Waals surface area contributed by atoms with Gasteiger partial charge in [-0.2, -0.15) is 0 Å². The second-order valence-corrected chi connectivity index (χ2v) is 6.93. The Morgan fingerprint density at radius 1 is 1.50 bits per heavy atom. The number of carbonyl (C=O) groups is 1. The van der Waals surface area contributed by atoms with Crippen molar-refractivity contribution in [2.75, 3.05) is 7.11 Å². The minimum Gasteiger partial charge on any atom is -0.479 e. The number of H-pyrrole nitrogens is 1. The summed E-state index contributed by atoms with van der Waals surface area (Å²) >= 11 is 6.32. The van der Waals surface area contributed by atoms with Crippen LogP contribution in [-0.2, 0) is 17.6 Å². The number of fused-ring (bicyclic) bond motifs is 3. The van der Waals surface area contributed by atoms with Gasteiger partial charge in [0.2, 0.25) is 5.91 Å². The third-order valence-corrected chi connectivity index (χ3v) is 5.19. The van der Waals surface area contributed by atoms with E-state index in [2.05, 4.69) is 21.5 Å². The zero-order valence-electron chi connectivity index (χ0n) is 14.5. The molecule has 0 fully saturated rings. The standard InChI is InChI=1S/C19H20ClN3O3/c1-25-17-10-11(26-23-17)8-9-16(24)21-15-7-3-5-13-12-4-2-6-14(20)18(12)22-19(13)15/h2,4,6,10,15,22H,3,5,7-9H2,1H3,(H,21,24)/t15-/m0/s1. The molecule has 4 rings (SSSR count). The predicted molar refractivity (Wildman–Crippen MR) is 98.5 cm³/mol. The van der Waals surface area contributed by atoms with Gasteiger partial charge in [0, 0.05) is 30.0 Å². The van der Waals surface area contributed by atoms with Gasteiger partial charge in [-0.05, 0) is 36.0 Å². The van der Waals surface area contributed by atoms with Crippen molar-refractivity contribution in [3.05, 3.63) is 46.3 Å². The Balaban J connectivity index is 1.47. The highest BCUT2D eigenvalue weighted by Crippen LogP contribution is 2.36. The van der Waals surface area contributed by atoms with Crippen molar-refractivity contribution in [2.45, 2.75) is 38.1 Å². The summed E-state index contributed by atoms with van der Waals surface area (Å²) in [5, 5.41) is 8.75. The number of rotatable bonds is 5. The lowest BCUT2D eigenvalue weighted by atomic mass is 9.91. The molecule has 0 saturated heterocycles. The number of nitrogens with zero attached hydrogens (tertiary/aromatic N) is 1. The van der Waals surface area contributed by atoms with E-state index >= 15 is 0 Å². The second-order valence-electron chi connectivity index (χ2n) is 6.53. The Hall–Kier alpha value is -2.47. The molecule has 2 aromatic heterocycles. The number of para-hydroxylation sites is 1. The Morgan fingerprint density at radius 2 is 2.38 bits per heavy atom. The molecule has 2 N–H and O–H groups in total. The summed E-state index contributed by atoms with van der Waals surface area (Å²) in [7, 11) is 1.53. The third-order valence-electron chi connectivity index (χ3n) is 4.87. The molecule has 0 bridgehead atoms. The fourth-order valence-electron chi connectivity index (χ4n) is 3.61. The maximum atomic E-state index is 12.4. The van der Waals surface area contributed by atoms with E-state index in [0.29, 0.717) is 29.5 Å². The molecule has 1 atom stereocenters. The van der Waals surface area contributed by atoms with Gasteiger partial charge in [-0.3, -0.25) is 4.79 Å². The van der Waals surface area contributed by atoms with E-state index in [1.165, 1.54) is 12.7 Å². The van der Waals surface area contributed by atoms with Crippen LogP contribution >= 0.6 is 11.6 Å². The molecule has 6 nitrogen and oxygen atoms in total. The van der Waals surface area contributed by atoms with Gasteiger partial charge in [-0.25, -0.2) is 0 Å². The third kappa shape index (κ3) is 3.17. The summed E-state index contributed by atoms with van der Waals surface area (Å²) in [6.07, 6.45) is 3.78. The monoisotopic (exact) mass is 373 g/mol. The smallest absolute Gasteiger partial charge is 0.254 e. The number of methoxy groups -OCH3 is 1. The van der Waals surface area contributed by atoms with E-state index < -0.39 is 0 Å². The number of carbonyl (C=O) groups excluding carboxylic acids is 1. The average Bonchev–Trinajstić information content (AvgIpc) is 3.26. The van der Waals surface area contributed by atoms with E-state index in [1.54, 1.807) is 6.07 Å². The van der Waals surface area contributed by atoms with Crippen LogP contribution in [0.2, 0.25) is 5.02 Å². The number of nitrogens with one attached hydrogen (secondary N) is 2. The minimum absolute atomic E-state index is 0.0111. The van der Waals surface area contributed by atoms with Gasteiger partial charge >= 0.3 is 0 Å². The fourth-order valence-corrected chi connectivity index (χ4v) is 3.83. The highest BCUT2D eigenvalue weighted by molar-refractivity contribution is 6.35. The highest BCUT2D eigenvalue weighted by atomic mass is 35.5. The molecule has 0 aliphatic heterocycles. The van der Waals surface area contributed by atoms with E-state index in [1.807, 2.05) is 12.1 Å². The first-order valence-corrected chi connectivity index (χ1v) is 9.11. The Kier molecular flexibility index (Phi) is 4.59. The van der Waals surface area contributed by atoms with Crippen LogP contribution in [0.15, 0.2) is 28.8 Å². The summed E-state index contributed by atoms with van der Waals surface area (Å²) in [5.41, 5.74) is 3.29. The van der Waals surface area contributed by atoms with Gasteiger partial charge in [0.25, 0.3) is 5.88 Å². The largest absolute Gasteiger partial charge is 0.479 e. The van der Waals surface area contributed by atoms with Crippen LogP contribution in [0.25, 0.3) is 10.9 Å². The van der Waals surface area contributed by atoms with Crippen molar-refractivity contribution in [2.24, 2.45) is 0 Å². The van der Waals surface area contributed by atoms with Crippen LogP contribution < -0.4 is 10.1 Å². The molecule has 0 radical (unpaired) electrons. The summed E-state index contributed by atoms with van der Waals surface area (Å²) in [6, 6.07) is 7.61. The number of benzene rings is 1. The summed E-state index contributed by atoms with van der Waals surface area (Å²) < 4.78 is 10.1. The van der Waals surface area contributed by atoms with E-state index in [9.17, 15) is 4.79 Å². The van der Waals surface area contributed by atoms with Crippen molar-refractivity contribution < 1.29 is 14.1 Å². The van der Waals surface area contributed by atoms with Crippen molar-refractivity contribution in [3.8, 4) is 5.88 Å². The summed E-state index contributed by atoms with van der Waals surface area (Å²) in [6.45, 7) is 0. The normalized spacial score (nSPS) is 16.5. The quantitative estimate of drug-likeness (QED) is 0.709. The Labute approximate surface area is 155 Å². The average molecular weight is 374 g/mol. The maximum absolute atomic E-state index is 12.4. The lowest BCUT2D eigenvalue weighted by molar-refractivity contribution is -0.122. The van der Waals surface area contributed by atoms with Crippen LogP contribution in [0.3, 0.4) is 0 Å². The van der Waals surface area contributed by atoms with Crippen LogP contribution in [-0.4, -0.2) is 23.2 Å². The molecule has 0 saturated carbocycles. The van der Waals surface area contributed by atoms with Gasteiger partial charge in [0.05, 0.1) is 23.7 Å². The molecule has 3 aromatic rings. The number of amides is 1. The number of hydrogen-bond acceptors (Lipinski definition) is 4. The number of aromatic amines is 1. The summed E-state index contributed by atoms with van der Waals surface area (Å²) in [4.78, 5) is 15.8. The minimum atomic E-state index is -0.0148. The highest BCUT2D eigenvalue weighted by Gasteiger charge is 2.26. The van der Waals surface area contributed by atoms with Crippen LogP contribution in [0, 0.1) is 0 Å². The number of aromatic nitrogens is 2. The zero-order valence-corrected chi connectivity index (χ0v) is 15.2. The van der Waals surface area contributed by atoms with Crippen molar-refractivity contribution in [3.63, 3.8) is 0 Å². The van der Waals surface area contributed by atoms with Crippen LogP contribution in [0.1, 0.15) is 42.3 Å². The molecule has 7 heteroatoms. The fraction of sp³-hybridized carbons (Fsp3) is 0.368. The van der Waals surface area contributed by atoms with E-state index in [4.69, 9.17) is 20.9 Å². The molecule has 136 valence electrons. The van der Waals surface area contributed by atoms with Crippen molar-refractivity contribution in [1.82, 2.24) is 15.5 Å². The first-order valence-electron chi connectivity index (χ1n) is 8.73. The van der Waals surface area contributed by atoms with Crippen LogP contribution in [0.5, 0.6) is 5.88 Å². The van der Waals surface area contributed by atoms with Gasteiger partial charge in [-0.1, -0.05) is 23.7 Å². The summed E-state index contributed by atoms with van der Waals surface area (Å²) in [5.74, 6) is 1.05. The van der Waals surface area contributed by atoms with Crippen LogP contribution in [0.4, 0.5) is 0 Å². The molecule has 1 amide bonds. The second kappa shape index (κ2) is 7.03. The Bertz CT molecular complexity index is 947. The predicted octanol–water partition coefficient (Wildman–Crippen LogP) is 3.94. The SMILES string of the molecule is COc1cc(CCC(=O)N[C@H]2CCCc3c2[nH]c2c(Cl)cccc32)on1. The molecule has 1 aliphatic rings. The number of aryl methyl sites for hydroxylation is 2. The molecule has 26 heavy (non-hydrogen) atoms. The number of hydrogen-bond donors (Lipinski definition) is 2. The number of halogens is 1. The van der Waals surface area contributed by atoms with E-state index in [0.717, 1.165) is 35.9 Å². The lowest BCUT2D eigenvalue weighted by Crippen LogP contribution is -2.31. The van der Waals surface area contributed by atoms with Crippen molar-refractivity contribution >= 4 is 28.4 Å². The molecule has 1 aliphatic carbocycles. The topological polar surface area (TPSA) is 80.1 Å². The zero-order chi connectivity index (χ0) is 18.1. The molecule has 2 heterocycles. The first-order chi connectivity index (χ1) is 12.7. The molecular weight excluding hydrogens is 354 g/mol. The molecule has 0 spiro atoms. The van der Waals surface area contributed by atoms with Crippen molar-refractivity contribution in [1.29, 1.82) is 0 Å².